The van der Waals surface area contributed by atoms with Gasteiger partial charge >= 0.3 is 0 Å². The zero-order chi connectivity index (χ0) is 25.2. The number of nitrogens with one attached hydrogen (secondary N) is 1. The Morgan fingerprint density at radius 1 is 1.31 bits per heavy atom. The van der Waals surface area contributed by atoms with Gasteiger partial charge in [-0.15, -0.1) is 0 Å². The number of hydrogen-bond acceptors (Lipinski definition) is 7. The van der Waals surface area contributed by atoms with Gasteiger partial charge in [-0.25, -0.2) is 9.50 Å². The van der Waals surface area contributed by atoms with Gasteiger partial charge in [-0.1, -0.05) is 11.6 Å². The summed E-state index contributed by atoms with van der Waals surface area (Å²) < 4.78 is 8.33. The van der Waals surface area contributed by atoms with Gasteiger partial charge in [0.25, 0.3) is 5.91 Å². The van der Waals surface area contributed by atoms with Gasteiger partial charge in [-0.05, 0) is 30.7 Å². The Labute approximate surface area is 211 Å². The van der Waals surface area contributed by atoms with E-state index in [2.05, 4.69) is 20.5 Å². The van der Waals surface area contributed by atoms with Gasteiger partial charge in [-0.3, -0.25) is 14.3 Å². The minimum Gasteiger partial charge on any atom is -0.497 e. The molecule has 3 aromatic heterocycles. The monoisotopic (exact) mass is 509 g/mol. The second-order valence-electron chi connectivity index (χ2n) is 8.55. The maximum absolute atomic E-state index is 13.2. The average molecular weight is 510 g/mol. The van der Waals surface area contributed by atoms with Crippen LogP contribution in [0, 0.1) is 5.92 Å². The minimum absolute atomic E-state index is 0.0169. The highest BCUT2D eigenvalue weighted by Gasteiger charge is 2.26. The highest BCUT2D eigenvalue weighted by molar-refractivity contribution is 6.31. The molecule has 0 saturated carbocycles. The van der Waals surface area contributed by atoms with E-state index in [1.807, 2.05) is 0 Å². The van der Waals surface area contributed by atoms with E-state index in [4.69, 9.17) is 16.3 Å². The molecule has 1 aromatic carbocycles. The number of anilines is 1. The fourth-order valence-corrected chi connectivity index (χ4v) is 4.47. The molecule has 1 aliphatic rings. The number of aliphatic hydroxyl groups is 1. The van der Waals surface area contributed by atoms with Crippen LogP contribution < -0.4 is 10.1 Å². The molecule has 0 aliphatic carbocycles. The first-order valence-corrected chi connectivity index (χ1v) is 11.7. The minimum atomic E-state index is -0.421. The number of amides is 2. The summed E-state index contributed by atoms with van der Waals surface area (Å²) in [5.74, 6) is 0.0817. The molecule has 11 nitrogen and oxygen atoms in total. The number of fused-ring (bicyclic) bond motifs is 1. The van der Waals surface area contributed by atoms with E-state index in [0.717, 1.165) is 6.42 Å². The van der Waals surface area contributed by atoms with E-state index < -0.39 is 5.91 Å². The number of carbonyl (C=O) groups is 2. The fraction of sp³-hybridized carbons (Fsp3) is 0.292. The molecule has 1 aliphatic heterocycles. The molecule has 5 rings (SSSR count). The van der Waals surface area contributed by atoms with E-state index in [1.165, 1.54) is 22.5 Å². The van der Waals surface area contributed by atoms with Crippen LogP contribution in [0.2, 0.25) is 5.02 Å². The van der Waals surface area contributed by atoms with Crippen molar-refractivity contribution < 1.29 is 19.4 Å². The van der Waals surface area contributed by atoms with Crippen LogP contribution in [0.15, 0.2) is 49.1 Å². The molecular weight excluding hydrogens is 486 g/mol. The standard InChI is InChI=1S/C24H24ClN7O4/c1-36-18-8-16(7-17(25)9-18)22-20(28-24(35)19-10-27-32-5-2-4-26-23(19)32)12-31(29-22)13-21(34)30-6-3-15(11-30)14-33/h2,4-5,7-10,12,15,33H,3,6,11,13-14H2,1H3,(H,28,35). The van der Waals surface area contributed by atoms with Gasteiger partial charge in [0.05, 0.1) is 19.0 Å². The Morgan fingerprint density at radius 2 is 2.17 bits per heavy atom. The number of aromatic nitrogens is 5. The van der Waals surface area contributed by atoms with Crippen molar-refractivity contribution >= 4 is 34.7 Å². The van der Waals surface area contributed by atoms with Crippen LogP contribution in [-0.4, -0.2) is 73.0 Å². The van der Waals surface area contributed by atoms with Gasteiger partial charge in [-0.2, -0.15) is 10.2 Å². The summed E-state index contributed by atoms with van der Waals surface area (Å²) in [5, 5.41) is 21.5. The lowest BCUT2D eigenvalue weighted by Gasteiger charge is -2.15. The Bertz CT molecular complexity index is 1430. The summed E-state index contributed by atoms with van der Waals surface area (Å²) in [4.78, 5) is 32.0. The third kappa shape index (κ3) is 4.75. The first-order chi connectivity index (χ1) is 17.4. The van der Waals surface area contributed by atoms with Crippen molar-refractivity contribution in [2.45, 2.75) is 13.0 Å². The largest absolute Gasteiger partial charge is 0.497 e. The molecule has 0 bridgehead atoms. The predicted molar refractivity (Wildman–Crippen MR) is 132 cm³/mol. The number of likely N-dealkylation sites (tertiary alicyclic amines) is 1. The van der Waals surface area contributed by atoms with Crippen LogP contribution in [0.4, 0.5) is 5.69 Å². The first-order valence-electron chi connectivity index (χ1n) is 11.4. The molecule has 4 heterocycles. The number of rotatable bonds is 7. The molecule has 1 fully saturated rings. The topological polar surface area (TPSA) is 127 Å². The van der Waals surface area contributed by atoms with Gasteiger partial charge < -0.3 is 20.1 Å². The van der Waals surface area contributed by atoms with Crippen molar-refractivity contribution in [3.8, 4) is 17.0 Å². The second-order valence-corrected chi connectivity index (χ2v) is 8.98. The molecule has 4 aromatic rings. The third-order valence-corrected chi connectivity index (χ3v) is 6.33. The summed E-state index contributed by atoms with van der Waals surface area (Å²) in [6, 6.07) is 6.84. The highest BCUT2D eigenvalue weighted by Crippen LogP contribution is 2.32. The third-order valence-electron chi connectivity index (χ3n) is 6.11. The summed E-state index contributed by atoms with van der Waals surface area (Å²) >= 11 is 6.29. The normalized spacial score (nSPS) is 15.4. The van der Waals surface area contributed by atoms with E-state index >= 15 is 0 Å². The van der Waals surface area contributed by atoms with Crippen molar-refractivity contribution in [1.82, 2.24) is 29.3 Å². The Balaban J connectivity index is 1.47. The van der Waals surface area contributed by atoms with Gasteiger partial charge in [0.2, 0.25) is 5.91 Å². The number of hydrogen-bond donors (Lipinski definition) is 2. The summed E-state index contributed by atoms with van der Waals surface area (Å²) in [6.07, 6.45) is 7.10. The second kappa shape index (κ2) is 9.96. The van der Waals surface area contributed by atoms with E-state index in [0.29, 0.717) is 52.0 Å². The maximum atomic E-state index is 13.2. The van der Waals surface area contributed by atoms with Crippen LogP contribution in [0.3, 0.4) is 0 Å². The van der Waals surface area contributed by atoms with Crippen molar-refractivity contribution in [3.05, 3.63) is 59.6 Å². The maximum Gasteiger partial charge on any atom is 0.261 e. The highest BCUT2D eigenvalue weighted by atomic mass is 35.5. The van der Waals surface area contributed by atoms with Gasteiger partial charge in [0, 0.05) is 54.8 Å². The zero-order valence-corrected chi connectivity index (χ0v) is 20.2. The number of aliphatic hydroxyl groups excluding tert-OH is 1. The van der Waals surface area contributed by atoms with Crippen LogP contribution in [0.1, 0.15) is 16.8 Å². The SMILES string of the molecule is COc1cc(Cl)cc(-c2nn(CC(=O)N3CCC(CO)C3)cc2NC(=O)c2cnn3cccnc23)c1. The molecule has 36 heavy (non-hydrogen) atoms. The van der Waals surface area contributed by atoms with Crippen molar-refractivity contribution in [2.75, 3.05) is 32.1 Å². The van der Waals surface area contributed by atoms with Crippen molar-refractivity contribution in [3.63, 3.8) is 0 Å². The molecule has 0 spiro atoms. The summed E-state index contributed by atoms with van der Waals surface area (Å²) in [7, 11) is 1.53. The lowest BCUT2D eigenvalue weighted by atomic mass is 10.1. The zero-order valence-electron chi connectivity index (χ0n) is 19.5. The van der Waals surface area contributed by atoms with Gasteiger partial charge in [0.15, 0.2) is 5.65 Å². The summed E-state index contributed by atoms with van der Waals surface area (Å²) in [6.45, 7) is 1.15. The molecule has 1 unspecified atom stereocenters. The van der Waals surface area contributed by atoms with Crippen LogP contribution in [0.25, 0.3) is 16.9 Å². The van der Waals surface area contributed by atoms with Gasteiger partial charge in [0.1, 0.15) is 23.6 Å². The van der Waals surface area contributed by atoms with Crippen LogP contribution >= 0.6 is 11.6 Å². The van der Waals surface area contributed by atoms with Crippen molar-refractivity contribution in [2.24, 2.45) is 5.92 Å². The van der Waals surface area contributed by atoms with E-state index in [1.54, 1.807) is 47.8 Å². The lowest BCUT2D eigenvalue weighted by molar-refractivity contribution is -0.131. The summed E-state index contributed by atoms with van der Waals surface area (Å²) in [5.41, 5.74) is 2.13. The van der Waals surface area contributed by atoms with Crippen molar-refractivity contribution in [1.29, 1.82) is 0 Å². The number of halogens is 1. The van der Waals surface area contributed by atoms with E-state index in [9.17, 15) is 14.7 Å². The molecule has 2 amide bonds. The Morgan fingerprint density at radius 3 is 2.94 bits per heavy atom. The molecule has 2 N–H and O–H groups in total. The quantitative estimate of drug-likeness (QED) is 0.391. The average Bonchev–Trinajstić information content (AvgIpc) is 3.62. The van der Waals surface area contributed by atoms with E-state index in [-0.39, 0.29) is 25.0 Å². The number of nitrogens with zero attached hydrogens (tertiary/aromatic N) is 6. The molecule has 0 radical (unpaired) electrons. The molecule has 1 saturated heterocycles. The predicted octanol–water partition coefficient (Wildman–Crippen LogP) is 2.35. The number of ether oxygens (including phenoxy) is 1. The Kier molecular flexibility index (Phi) is 6.57. The number of carbonyl (C=O) groups excluding carboxylic acids is 2. The Hall–Kier alpha value is -3.96. The smallest absolute Gasteiger partial charge is 0.261 e. The van der Waals surface area contributed by atoms with Crippen LogP contribution in [-0.2, 0) is 11.3 Å². The first kappa shape index (κ1) is 23.8. The number of methoxy groups -OCH3 is 1. The molecule has 186 valence electrons. The molecule has 1 atom stereocenters. The lowest BCUT2D eigenvalue weighted by Crippen LogP contribution is -2.32. The molecule has 12 heteroatoms. The number of benzene rings is 1. The van der Waals surface area contributed by atoms with Crippen LogP contribution in [0.5, 0.6) is 5.75 Å². The molecular formula is C24H24ClN7O4. The fourth-order valence-electron chi connectivity index (χ4n) is 4.25.